The van der Waals surface area contributed by atoms with Gasteiger partial charge in [0.2, 0.25) is 5.91 Å². The molecule has 1 aromatic rings. The molecule has 0 aliphatic carbocycles. The molecule has 0 aliphatic rings. The molecule has 0 saturated carbocycles. The standard InChI is InChI=1S/C14H21N3O2/c1-3-8-16-13(18)10-6-5-7-11(9-10)17-14(19)12(15)4-2/h5-7,9,12H,3-4,8,15H2,1-2H3,(H,16,18)(H,17,19)/t12-/m0/s1. The number of benzene rings is 1. The van der Waals surface area contributed by atoms with Crippen molar-refractivity contribution in [3.63, 3.8) is 0 Å². The van der Waals surface area contributed by atoms with Gasteiger partial charge >= 0.3 is 0 Å². The Morgan fingerprint density at radius 3 is 2.68 bits per heavy atom. The number of hydrogen-bond acceptors (Lipinski definition) is 3. The van der Waals surface area contributed by atoms with Gasteiger partial charge in [0, 0.05) is 17.8 Å². The van der Waals surface area contributed by atoms with Gasteiger partial charge in [0.15, 0.2) is 0 Å². The van der Waals surface area contributed by atoms with E-state index >= 15 is 0 Å². The zero-order chi connectivity index (χ0) is 14.3. The van der Waals surface area contributed by atoms with Gasteiger partial charge in [-0.3, -0.25) is 9.59 Å². The lowest BCUT2D eigenvalue weighted by atomic mass is 10.1. The van der Waals surface area contributed by atoms with Gasteiger partial charge in [0.25, 0.3) is 5.91 Å². The Bertz CT molecular complexity index is 446. The summed E-state index contributed by atoms with van der Waals surface area (Å²) in [7, 11) is 0. The van der Waals surface area contributed by atoms with Gasteiger partial charge in [-0.05, 0) is 31.0 Å². The van der Waals surface area contributed by atoms with E-state index in [4.69, 9.17) is 5.73 Å². The summed E-state index contributed by atoms with van der Waals surface area (Å²) in [6.45, 7) is 4.47. The van der Waals surface area contributed by atoms with Gasteiger partial charge in [-0.25, -0.2) is 0 Å². The summed E-state index contributed by atoms with van der Waals surface area (Å²) in [5.41, 5.74) is 6.74. The van der Waals surface area contributed by atoms with Crippen molar-refractivity contribution in [2.45, 2.75) is 32.7 Å². The first kappa shape index (κ1) is 15.2. The number of hydrogen-bond donors (Lipinski definition) is 3. The molecular weight excluding hydrogens is 242 g/mol. The molecule has 0 unspecified atom stereocenters. The molecule has 19 heavy (non-hydrogen) atoms. The third-order valence-corrected chi connectivity index (χ3v) is 2.70. The van der Waals surface area contributed by atoms with Gasteiger partial charge in [-0.15, -0.1) is 0 Å². The van der Waals surface area contributed by atoms with E-state index in [0.717, 1.165) is 6.42 Å². The molecule has 0 heterocycles. The van der Waals surface area contributed by atoms with Crippen molar-refractivity contribution in [1.29, 1.82) is 0 Å². The molecule has 1 rings (SSSR count). The number of amides is 2. The van der Waals surface area contributed by atoms with Gasteiger partial charge in [0.05, 0.1) is 6.04 Å². The van der Waals surface area contributed by atoms with Crippen LogP contribution in [0.3, 0.4) is 0 Å². The maximum absolute atomic E-state index is 11.8. The molecular formula is C14H21N3O2. The fraction of sp³-hybridized carbons (Fsp3) is 0.429. The molecule has 1 atom stereocenters. The Morgan fingerprint density at radius 1 is 1.32 bits per heavy atom. The largest absolute Gasteiger partial charge is 0.352 e. The Kier molecular flexibility index (Phi) is 6.02. The molecule has 2 amide bonds. The smallest absolute Gasteiger partial charge is 0.251 e. The highest BCUT2D eigenvalue weighted by Gasteiger charge is 2.12. The summed E-state index contributed by atoms with van der Waals surface area (Å²) in [6, 6.07) is 6.29. The highest BCUT2D eigenvalue weighted by atomic mass is 16.2. The summed E-state index contributed by atoms with van der Waals surface area (Å²) < 4.78 is 0. The lowest BCUT2D eigenvalue weighted by molar-refractivity contribution is -0.117. The van der Waals surface area contributed by atoms with E-state index in [1.54, 1.807) is 24.3 Å². The average Bonchev–Trinajstić information content (AvgIpc) is 2.43. The summed E-state index contributed by atoms with van der Waals surface area (Å²) in [4.78, 5) is 23.4. The van der Waals surface area contributed by atoms with Crippen LogP contribution in [0.5, 0.6) is 0 Å². The van der Waals surface area contributed by atoms with Crippen LogP contribution in [0.1, 0.15) is 37.0 Å². The molecule has 104 valence electrons. The molecule has 0 spiro atoms. The maximum Gasteiger partial charge on any atom is 0.251 e. The van der Waals surface area contributed by atoms with Crippen LogP contribution < -0.4 is 16.4 Å². The Morgan fingerprint density at radius 2 is 2.05 bits per heavy atom. The topological polar surface area (TPSA) is 84.2 Å². The lowest BCUT2D eigenvalue weighted by Crippen LogP contribution is -2.34. The molecule has 5 nitrogen and oxygen atoms in total. The van der Waals surface area contributed by atoms with E-state index in [0.29, 0.717) is 24.2 Å². The van der Waals surface area contributed by atoms with Crippen molar-refractivity contribution in [3.8, 4) is 0 Å². The van der Waals surface area contributed by atoms with Crippen LogP contribution in [0, 0.1) is 0 Å². The molecule has 0 radical (unpaired) electrons. The summed E-state index contributed by atoms with van der Waals surface area (Å²) in [5.74, 6) is -0.383. The molecule has 0 aromatic heterocycles. The van der Waals surface area contributed by atoms with E-state index in [1.807, 2.05) is 13.8 Å². The Hall–Kier alpha value is -1.88. The second-order valence-corrected chi connectivity index (χ2v) is 4.34. The summed E-state index contributed by atoms with van der Waals surface area (Å²) in [6.07, 6.45) is 1.45. The average molecular weight is 263 g/mol. The van der Waals surface area contributed by atoms with Crippen LogP contribution in [-0.4, -0.2) is 24.4 Å². The monoisotopic (exact) mass is 263 g/mol. The van der Waals surface area contributed by atoms with Crippen LogP contribution in [0.25, 0.3) is 0 Å². The Labute approximate surface area is 113 Å². The minimum Gasteiger partial charge on any atom is -0.352 e. The van der Waals surface area contributed by atoms with Crippen molar-refractivity contribution >= 4 is 17.5 Å². The minimum absolute atomic E-state index is 0.141. The van der Waals surface area contributed by atoms with Crippen molar-refractivity contribution in [3.05, 3.63) is 29.8 Å². The highest BCUT2D eigenvalue weighted by molar-refractivity contribution is 5.98. The molecule has 4 N–H and O–H groups in total. The number of nitrogens with one attached hydrogen (secondary N) is 2. The summed E-state index contributed by atoms with van der Waals surface area (Å²) in [5, 5.41) is 5.49. The number of anilines is 1. The molecule has 5 heteroatoms. The number of rotatable bonds is 6. The maximum atomic E-state index is 11.8. The van der Waals surface area contributed by atoms with Crippen LogP contribution in [-0.2, 0) is 4.79 Å². The van der Waals surface area contributed by atoms with E-state index in [2.05, 4.69) is 10.6 Å². The number of carbonyl (C=O) groups excluding carboxylic acids is 2. The predicted molar refractivity (Wildman–Crippen MR) is 76.0 cm³/mol. The summed E-state index contributed by atoms with van der Waals surface area (Å²) >= 11 is 0. The predicted octanol–water partition coefficient (Wildman–Crippen LogP) is 1.50. The lowest BCUT2D eigenvalue weighted by Gasteiger charge is -2.11. The van der Waals surface area contributed by atoms with Gasteiger partial charge < -0.3 is 16.4 Å². The van der Waals surface area contributed by atoms with Crippen molar-refractivity contribution in [2.75, 3.05) is 11.9 Å². The van der Waals surface area contributed by atoms with E-state index < -0.39 is 6.04 Å². The van der Waals surface area contributed by atoms with Gasteiger partial charge in [-0.2, -0.15) is 0 Å². The van der Waals surface area contributed by atoms with Gasteiger partial charge in [0.1, 0.15) is 0 Å². The van der Waals surface area contributed by atoms with Crippen molar-refractivity contribution in [1.82, 2.24) is 5.32 Å². The SMILES string of the molecule is CCCNC(=O)c1cccc(NC(=O)[C@@H](N)CC)c1. The highest BCUT2D eigenvalue weighted by Crippen LogP contribution is 2.11. The number of carbonyl (C=O) groups is 2. The molecule has 0 fully saturated rings. The van der Waals surface area contributed by atoms with E-state index in [1.165, 1.54) is 0 Å². The van der Waals surface area contributed by atoms with Crippen LogP contribution in [0.2, 0.25) is 0 Å². The second-order valence-electron chi connectivity index (χ2n) is 4.34. The van der Waals surface area contributed by atoms with Crippen LogP contribution in [0.15, 0.2) is 24.3 Å². The molecule has 1 aromatic carbocycles. The molecule has 0 saturated heterocycles. The molecule has 0 bridgehead atoms. The quantitative estimate of drug-likeness (QED) is 0.727. The van der Waals surface area contributed by atoms with Crippen molar-refractivity contribution < 1.29 is 9.59 Å². The zero-order valence-corrected chi connectivity index (χ0v) is 11.4. The normalized spacial score (nSPS) is 11.7. The Balaban J connectivity index is 2.71. The van der Waals surface area contributed by atoms with E-state index in [-0.39, 0.29) is 11.8 Å². The van der Waals surface area contributed by atoms with Gasteiger partial charge in [-0.1, -0.05) is 19.9 Å². The third kappa shape index (κ3) is 4.71. The molecule has 0 aliphatic heterocycles. The zero-order valence-electron chi connectivity index (χ0n) is 11.4. The first-order valence-corrected chi connectivity index (χ1v) is 6.53. The van der Waals surface area contributed by atoms with Crippen LogP contribution in [0.4, 0.5) is 5.69 Å². The number of nitrogens with two attached hydrogens (primary N) is 1. The third-order valence-electron chi connectivity index (χ3n) is 2.70. The minimum atomic E-state index is -0.530. The first-order chi connectivity index (χ1) is 9.08. The first-order valence-electron chi connectivity index (χ1n) is 6.53. The van der Waals surface area contributed by atoms with Crippen LogP contribution >= 0.6 is 0 Å². The van der Waals surface area contributed by atoms with Crippen molar-refractivity contribution in [2.24, 2.45) is 5.73 Å². The fourth-order valence-corrected chi connectivity index (χ4v) is 1.50. The fourth-order valence-electron chi connectivity index (χ4n) is 1.50. The second kappa shape index (κ2) is 7.53. The van der Waals surface area contributed by atoms with E-state index in [9.17, 15) is 9.59 Å².